The van der Waals surface area contributed by atoms with Crippen molar-refractivity contribution in [2.75, 3.05) is 27.2 Å². The van der Waals surface area contributed by atoms with Crippen LogP contribution in [0.25, 0.3) is 10.9 Å². The number of rotatable bonds is 3. The van der Waals surface area contributed by atoms with E-state index in [2.05, 4.69) is 25.1 Å². The molecule has 1 atom stereocenters. The number of nitrogens with one attached hydrogen (secondary N) is 3. The van der Waals surface area contributed by atoms with Crippen LogP contribution in [0.1, 0.15) is 29.7 Å². The Kier molecular flexibility index (Phi) is 4.55. The van der Waals surface area contributed by atoms with Gasteiger partial charge in [-0.3, -0.25) is 4.79 Å². The number of aryl methyl sites for hydroxylation is 2. The average molecular weight is 315 g/mol. The van der Waals surface area contributed by atoms with Crippen molar-refractivity contribution in [3.05, 3.63) is 45.2 Å². The molecule has 1 aromatic carbocycles. The zero-order chi connectivity index (χ0) is 16.6. The Bertz CT molecular complexity index is 757. The van der Waals surface area contributed by atoms with E-state index in [0.717, 1.165) is 34.3 Å². The van der Waals surface area contributed by atoms with Crippen molar-refractivity contribution in [1.82, 2.24) is 4.98 Å². The predicted molar refractivity (Wildman–Crippen MR) is 94.3 cm³/mol. The molecule has 0 spiro atoms. The Balaban J connectivity index is 1.89. The fourth-order valence-electron chi connectivity index (χ4n) is 3.80. The van der Waals surface area contributed by atoms with Gasteiger partial charge in [-0.15, -0.1) is 0 Å². The highest BCUT2D eigenvalue weighted by Gasteiger charge is 2.27. The first kappa shape index (κ1) is 16.2. The third-order valence-corrected chi connectivity index (χ3v) is 5.46. The molecule has 0 aliphatic carbocycles. The third-order valence-electron chi connectivity index (χ3n) is 5.46. The molecule has 3 rings (SSSR count). The minimum atomic E-state index is 0.206. The number of aromatic amines is 1. The molecule has 1 aromatic heterocycles. The SMILES string of the molecule is Cc1ccc2[nH]c(C)c(C[NH+](C)C3CC[NH+](C)CC3)c(=O)c2c1. The van der Waals surface area contributed by atoms with Crippen molar-refractivity contribution in [2.45, 2.75) is 39.3 Å². The summed E-state index contributed by atoms with van der Waals surface area (Å²) < 4.78 is 0. The summed E-state index contributed by atoms with van der Waals surface area (Å²) in [6, 6.07) is 6.74. The zero-order valence-corrected chi connectivity index (χ0v) is 14.8. The number of fused-ring (bicyclic) bond motifs is 1. The number of benzene rings is 1. The first-order valence-electron chi connectivity index (χ1n) is 8.71. The molecule has 4 nitrogen and oxygen atoms in total. The average Bonchev–Trinajstić information content (AvgIpc) is 2.53. The highest BCUT2D eigenvalue weighted by Crippen LogP contribution is 2.13. The summed E-state index contributed by atoms with van der Waals surface area (Å²) in [5.74, 6) is 0. The van der Waals surface area contributed by atoms with E-state index in [1.807, 2.05) is 26.0 Å². The molecule has 0 amide bonds. The standard InChI is InChI=1S/C19H27N3O/c1-13-5-6-18-16(11-13)19(23)17(14(2)20-18)12-22(4)15-7-9-21(3)10-8-15/h5-6,11,15H,7-10,12H2,1-4H3,(H,20,23)/p+2. The van der Waals surface area contributed by atoms with Crippen molar-refractivity contribution < 1.29 is 9.80 Å². The normalized spacial score (nSPS) is 23.1. The molecule has 0 saturated carbocycles. The van der Waals surface area contributed by atoms with Gasteiger partial charge in [-0.25, -0.2) is 0 Å². The number of likely N-dealkylation sites (tertiary alicyclic amines) is 1. The molecule has 1 unspecified atom stereocenters. The van der Waals surface area contributed by atoms with Gasteiger partial charge in [0.25, 0.3) is 0 Å². The van der Waals surface area contributed by atoms with Crippen LogP contribution < -0.4 is 15.2 Å². The maximum absolute atomic E-state index is 12.9. The molecule has 1 saturated heterocycles. The number of hydrogen-bond acceptors (Lipinski definition) is 1. The topological polar surface area (TPSA) is 41.7 Å². The van der Waals surface area contributed by atoms with Crippen LogP contribution in [-0.4, -0.2) is 38.2 Å². The van der Waals surface area contributed by atoms with E-state index in [1.54, 1.807) is 4.90 Å². The van der Waals surface area contributed by atoms with Crippen LogP contribution in [0, 0.1) is 13.8 Å². The molecule has 0 radical (unpaired) electrons. The van der Waals surface area contributed by atoms with E-state index < -0.39 is 0 Å². The van der Waals surface area contributed by atoms with Crippen LogP contribution in [0.5, 0.6) is 0 Å². The molecule has 3 N–H and O–H groups in total. The predicted octanol–water partition coefficient (Wildman–Crippen LogP) is -0.163. The van der Waals surface area contributed by atoms with Gasteiger partial charge in [-0.1, -0.05) is 11.6 Å². The molecule has 2 aromatic rings. The van der Waals surface area contributed by atoms with Crippen molar-refractivity contribution >= 4 is 10.9 Å². The second kappa shape index (κ2) is 6.46. The number of aromatic nitrogens is 1. The van der Waals surface area contributed by atoms with Crippen LogP contribution in [0.2, 0.25) is 0 Å². The molecule has 4 heteroatoms. The van der Waals surface area contributed by atoms with Crippen molar-refractivity contribution in [3.8, 4) is 0 Å². The number of hydrogen-bond donors (Lipinski definition) is 3. The van der Waals surface area contributed by atoms with Crippen molar-refractivity contribution in [2.24, 2.45) is 0 Å². The Morgan fingerprint density at radius 2 is 1.96 bits per heavy atom. The lowest BCUT2D eigenvalue weighted by molar-refractivity contribution is -0.948. The smallest absolute Gasteiger partial charge is 0.198 e. The monoisotopic (exact) mass is 315 g/mol. The molecule has 23 heavy (non-hydrogen) atoms. The summed E-state index contributed by atoms with van der Waals surface area (Å²) in [6.45, 7) is 7.37. The van der Waals surface area contributed by atoms with Gasteiger partial charge in [0.1, 0.15) is 6.54 Å². The van der Waals surface area contributed by atoms with Crippen LogP contribution in [0.4, 0.5) is 0 Å². The third kappa shape index (κ3) is 3.33. The highest BCUT2D eigenvalue weighted by atomic mass is 16.1. The van der Waals surface area contributed by atoms with E-state index in [-0.39, 0.29) is 5.43 Å². The van der Waals surface area contributed by atoms with E-state index in [1.165, 1.54) is 30.8 Å². The Morgan fingerprint density at radius 1 is 1.26 bits per heavy atom. The quantitative estimate of drug-likeness (QED) is 0.724. The largest absolute Gasteiger partial charge is 0.358 e. The van der Waals surface area contributed by atoms with Gasteiger partial charge in [0.2, 0.25) is 0 Å². The Morgan fingerprint density at radius 3 is 2.65 bits per heavy atom. The number of H-pyrrole nitrogens is 1. The summed E-state index contributed by atoms with van der Waals surface area (Å²) in [5.41, 5.74) is 4.26. The van der Waals surface area contributed by atoms with Gasteiger partial charge in [0.15, 0.2) is 5.43 Å². The van der Waals surface area contributed by atoms with Gasteiger partial charge < -0.3 is 14.8 Å². The van der Waals surface area contributed by atoms with Crippen LogP contribution >= 0.6 is 0 Å². The summed E-state index contributed by atoms with van der Waals surface area (Å²) in [7, 11) is 4.51. The van der Waals surface area contributed by atoms with Crippen molar-refractivity contribution in [3.63, 3.8) is 0 Å². The Hall–Kier alpha value is -1.65. The minimum Gasteiger partial charge on any atom is -0.358 e. The lowest BCUT2D eigenvalue weighted by Gasteiger charge is -2.30. The fraction of sp³-hybridized carbons (Fsp3) is 0.526. The number of quaternary nitrogens is 2. The van der Waals surface area contributed by atoms with Gasteiger partial charge in [0, 0.05) is 29.4 Å². The summed E-state index contributed by atoms with van der Waals surface area (Å²) in [5, 5.41) is 0.825. The molecule has 1 aliphatic heterocycles. The van der Waals surface area contributed by atoms with Crippen LogP contribution in [0.15, 0.2) is 23.0 Å². The number of piperidine rings is 1. The molecule has 1 aliphatic rings. The van der Waals surface area contributed by atoms with Gasteiger partial charge in [0.05, 0.1) is 38.8 Å². The fourth-order valence-corrected chi connectivity index (χ4v) is 3.80. The molecule has 1 fully saturated rings. The lowest BCUT2D eigenvalue weighted by atomic mass is 10.0. The van der Waals surface area contributed by atoms with Crippen molar-refractivity contribution in [1.29, 1.82) is 0 Å². The first-order valence-corrected chi connectivity index (χ1v) is 8.71. The maximum Gasteiger partial charge on any atom is 0.198 e. The van der Waals surface area contributed by atoms with E-state index in [0.29, 0.717) is 6.04 Å². The highest BCUT2D eigenvalue weighted by molar-refractivity contribution is 5.80. The van der Waals surface area contributed by atoms with Crippen LogP contribution in [-0.2, 0) is 6.54 Å². The lowest BCUT2D eigenvalue weighted by Crippen LogP contribution is -3.17. The molecular formula is C19H29N3O+2. The van der Waals surface area contributed by atoms with Crippen LogP contribution in [0.3, 0.4) is 0 Å². The zero-order valence-electron chi connectivity index (χ0n) is 14.8. The van der Waals surface area contributed by atoms with E-state index >= 15 is 0 Å². The molecule has 124 valence electrons. The molecule has 2 heterocycles. The van der Waals surface area contributed by atoms with E-state index in [9.17, 15) is 4.79 Å². The summed E-state index contributed by atoms with van der Waals surface area (Å²) in [6.07, 6.45) is 2.50. The van der Waals surface area contributed by atoms with Gasteiger partial charge >= 0.3 is 0 Å². The van der Waals surface area contributed by atoms with E-state index in [4.69, 9.17) is 0 Å². The first-order chi connectivity index (χ1) is 11.0. The van der Waals surface area contributed by atoms with Gasteiger partial charge in [-0.2, -0.15) is 0 Å². The summed E-state index contributed by atoms with van der Waals surface area (Å²) >= 11 is 0. The Labute approximate surface area is 138 Å². The maximum atomic E-state index is 12.9. The molecular weight excluding hydrogens is 286 g/mol. The molecule has 0 bridgehead atoms. The second-order valence-corrected chi connectivity index (χ2v) is 7.36. The summed E-state index contributed by atoms with van der Waals surface area (Å²) in [4.78, 5) is 19.5. The second-order valence-electron chi connectivity index (χ2n) is 7.36. The minimum absolute atomic E-state index is 0.206. The van der Waals surface area contributed by atoms with Gasteiger partial charge in [-0.05, 0) is 26.0 Å². The number of pyridine rings is 1.